The van der Waals surface area contributed by atoms with Crippen LogP contribution in [0, 0.1) is 0 Å². The number of piperazine rings is 1. The minimum Gasteiger partial charge on any atom is -0.376 e. The molecule has 2 atom stereocenters. The molecule has 0 spiro atoms. The summed E-state index contributed by atoms with van der Waals surface area (Å²) in [7, 11) is 2.18. The number of ether oxygens (including phenoxy) is 1. The lowest BCUT2D eigenvalue weighted by atomic mass is 10.1. The minimum absolute atomic E-state index is 0.275. The molecule has 0 aromatic carbocycles. The Labute approximate surface area is 126 Å². The van der Waals surface area contributed by atoms with Crippen molar-refractivity contribution in [3.05, 3.63) is 5.82 Å². The van der Waals surface area contributed by atoms with E-state index in [0.29, 0.717) is 6.04 Å². The van der Waals surface area contributed by atoms with Crippen molar-refractivity contribution >= 4 is 0 Å². The van der Waals surface area contributed by atoms with E-state index in [0.717, 1.165) is 64.4 Å². The van der Waals surface area contributed by atoms with E-state index in [2.05, 4.69) is 39.3 Å². The number of nitrogens with zero attached hydrogens (tertiary/aromatic N) is 6. The highest BCUT2D eigenvalue weighted by Gasteiger charge is 2.28. The Morgan fingerprint density at radius 3 is 2.76 bits per heavy atom. The Bertz CT molecular complexity index is 436. The maximum atomic E-state index is 5.72. The van der Waals surface area contributed by atoms with Gasteiger partial charge >= 0.3 is 0 Å². The molecule has 0 amide bonds. The SMILES string of the molecule is CCC(c1nnnn1CC1CCCO1)N1CCN(C)CC1. The van der Waals surface area contributed by atoms with Crippen LogP contribution in [0.1, 0.15) is 38.1 Å². The maximum Gasteiger partial charge on any atom is 0.168 e. The molecule has 2 saturated heterocycles. The van der Waals surface area contributed by atoms with Crippen molar-refractivity contribution in [1.29, 1.82) is 0 Å². The van der Waals surface area contributed by atoms with Gasteiger partial charge in [0, 0.05) is 32.8 Å². The summed E-state index contributed by atoms with van der Waals surface area (Å²) in [6.45, 7) is 8.27. The summed E-state index contributed by atoms with van der Waals surface area (Å²) in [5, 5.41) is 12.4. The first-order chi connectivity index (χ1) is 10.3. The van der Waals surface area contributed by atoms with Gasteiger partial charge in [0.15, 0.2) is 5.82 Å². The smallest absolute Gasteiger partial charge is 0.168 e. The van der Waals surface area contributed by atoms with Gasteiger partial charge in [-0.2, -0.15) is 0 Å². The molecule has 7 nitrogen and oxygen atoms in total. The molecule has 0 saturated carbocycles. The van der Waals surface area contributed by atoms with Crippen LogP contribution in [-0.2, 0) is 11.3 Å². The van der Waals surface area contributed by atoms with Crippen LogP contribution in [0.3, 0.4) is 0 Å². The monoisotopic (exact) mass is 294 g/mol. The molecule has 21 heavy (non-hydrogen) atoms. The molecule has 2 aliphatic heterocycles. The number of rotatable bonds is 5. The third-order valence-electron chi connectivity index (χ3n) is 4.62. The second-order valence-corrected chi connectivity index (χ2v) is 6.12. The standard InChI is InChI=1S/C14H26N6O/c1-3-13(19-8-6-18(2)7-9-19)14-15-16-17-20(14)11-12-5-4-10-21-12/h12-13H,3-11H2,1-2H3. The quantitative estimate of drug-likeness (QED) is 0.790. The van der Waals surface area contributed by atoms with Gasteiger partial charge in [-0.1, -0.05) is 6.92 Å². The minimum atomic E-state index is 0.275. The van der Waals surface area contributed by atoms with Gasteiger partial charge in [-0.3, -0.25) is 4.90 Å². The Kier molecular flexibility index (Phi) is 4.82. The fourth-order valence-corrected chi connectivity index (χ4v) is 3.30. The Hall–Kier alpha value is -1.05. The molecule has 1 aromatic rings. The van der Waals surface area contributed by atoms with Crippen molar-refractivity contribution in [2.24, 2.45) is 0 Å². The first kappa shape index (κ1) is 14.9. The fraction of sp³-hybridized carbons (Fsp3) is 0.929. The average molecular weight is 294 g/mol. The molecular weight excluding hydrogens is 268 g/mol. The molecule has 3 heterocycles. The Morgan fingerprint density at radius 1 is 1.29 bits per heavy atom. The lowest BCUT2D eigenvalue weighted by Crippen LogP contribution is -2.46. The lowest BCUT2D eigenvalue weighted by molar-refractivity contribution is 0.0829. The summed E-state index contributed by atoms with van der Waals surface area (Å²) < 4.78 is 7.68. The summed E-state index contributed by atoms with van der Waals surface area (Å²) in [6, 6.07) is 0.315. The van der Waals surface area contributed by atoms with Gasteiger partial charge in [0.1, 0.15) is 0 Å². The van der Waals surface area contributed by atoms with Crippen molar-refractivity contribution in [3.8, 4) is 0 Å². The number of aromatic nitrogens is 4. The zero-order valence-corrected chi connectivity index (χ0v) is 13.1. The van der Waals surface area contributed by atoms with Gasteiger partial charge in [-0.05, 0) is 36.7 Å². The fourth-order valence-electron chi connectivity index (χ4n) is 3.30. The summed E-state index contributed by atoms with van der Waals surface area (Å²) >= 11 is 0. The topological polar surface area (TPSA) is 59.3 Å². The maximum absolute atomic E-state index is 5.72. The summed E-state index contributed by atoms with van der Waals surface area (Å²) in [5.74, 6) is 0.998. The van der Waals surface area contributed by atoms with Gasteiger partial charge in [0.05, 0.1) is 18.7 Å². The molecule has 0 N–H and O–H groups in total. The highest BCUT2D eigenvalue weighted by Crippen LogP contribution is 2.24. The number of hydrogen-bond donors (Lipinski definition) is 0. The molecule has 2 fully saturated rings. The molecule has 118 valence electrons. The van der Waals surface area contributed by atoms with Gasteiger partial charge < -0.3 is 9.64 Å². The van der Waals surface area contributed by atoms with Crippen LogP contribution in [-0.4, -0.2) is 75.9 Å². The highest BCUT2D eigenvalue weighted by atomic mass is 16.5. The van der Waals surface area contributed by atoms with Crippen molar-refractivity contribution in [3.63, 3.8) is 0 Å². The molecule has 0 radical (unpaired) electrons. The van der Waals surface area contributed by atoms with E-state index in [9.17, 15) is 0 Å². The normalized spacial score (nSPS) is 26.3. The van der Waals surface area contributed by atoms with Crippen LogP contribution in [0.15, 0.2) is 0 Å². The van der Waals surface area contributed by atoms with E-state index < -0.39 is 0 Å². The van der Waals surface area contributed by atoms with Crippen LogP contribution in [0.4, 0.5) is 0 Å². The van der Waals surface area contributed by atoms with Crippen LogP contribution < -0.4 is 0 Å². The third kappa shape index (κ3) is 3.41. The molecule has 0 aliphatic carbocycles. The van der Waals surface area contributed by atoms with Gasteiger partial charge in [-0.15, -0.1) is 5.10 Å². The zero-order chi connectivity index (χ0) is 14.7. The number of likely N-dealkylation sites (N-methyl/N-ethyl adjacent to an activating group) is 1. The second-order valence-electron chi connectivity index (χ2n) is 6.12. The molecule has 3 rings (SSSR count). The molecule has 0 bridgehead atoms. The van der Waals surface area contributed by atoms with Crippen molar-refractivity contribution in [2.45, 2.75) is 44.9 Å². The van der Waals surface area contributed by atoms with E-state index in [1.165, 1.54) is 0 Å². The van der Waals surface area contributed by atoms with E-state index in [4.69, 9.17) is 4.74 Å². The Morgan fingerprint density at radius 2 is 2.10 bits per heavy atom. The zero-order valence-electron chi connectivity index (χ0n) is 13.1. The van der Waals surface area contributed by atoms with E-state index >= 15 is 0 Å². The molecule has 7 heteroatoms. The van der Waals surface area contributed by atoms with E-state index in [-0.39, 0.29) is 6.10 Å². The van der Waals surface area contributed by atoms with E-state index in [1.807, 2.05) is 4.68 Å². The predicted molar refractivity (Wildman–Crippen MR) is 78.9 cm³/mol. The summed E-state index contributed by atoms with van der Waals surface area (Å²) in [4.78, 5) is 4.89. The predicted octanol–water partition coefficient (Wildman–Crippen LogP) is 0.551. The first-order valence-electron chi connectivity index (χ1n) is 8.08. The first-order valence-corrected chi connectivity index (χ1v) is 8.08. The van der Waals surface area contributed by atoms with Crippen LogP contribution >= 0.6 is 0 Å². The van der Waals surface area contributed by atoms with Crippen LogP contribution in [0.5, 0.6) is 0 Å². The summed E-state index contributed by atoms with van der Waals surface area (Å²) in [6.07, 6.45) is 3.58. The third-order valence-corrected chi connectivity index (χ3v) is 4.62. The number of hydrogen-bond acceptors (Lipinski definition) is 6. The van der Waals surface area contributed by atoms with Crippen molar-refractivity contribution in [1.82, 2.24) is 30.0 Å². The van der Waals surface area contributed by atoms with E-state index in [1.54, 1.807) is 0 Å². The molecule has 2 aliphatic rings. The lowest BCUT2D eigenvalue weighted by Gasteiger charge is -2.37. The van der Waals surface area contributed by atoms with Gasteiger partial charge in [0.25, 0.3) is 0 Å². The Balaban J connectivity index is 1.70. The van der Waals surface area contributed by atoms with Crippen molar-refractivity contribution < 1.29 is 4.74 Å². The molecule has 2 unspecified atom stereocenters. The largest absolute Gasteiger partial charge is 0.376 e. The van der Waals surface area contributed by atoms with Crippen LogP contribution in [0.25, 0.3) is 0 Å². The van der Waals surface area contributed by atoms with Crippen LogP contribution in [0.2, 0.25) is 0 Å². The summed E-state index contributed by atoms with van der Waals surface area (Å²) in [5.41, 5.74) is 0. The number of tetrazole rings is 1. The van der Waals surface area contributed by atoms with Gasteiger partial charge in [0.2, 0.25) is 0 Å². The van der Waals surface area contributed by atoms with Gasteiger partial charge in [-0.25, -0.2) is 4.68 Å². The average Bonchev–Trinajstić information content (AvgIpc) is 3.15. The van der Waals surface area contributed by atoms with Crippen molar-refractivity contribution in [2.75, 3.05) is 39.8 Å². The second kappa shape index (κ2) is 6.81. The molecular formula is C14H26N6O. The highest BCUT2D eigenvalue weighted by molar-refractivity contribution is 4.95. The molecule has 1 aromatic heterocycles.